The maximum atomic E-state index is 5.52. The second-order valence-corrected chi connectivity index (χ2v) is 2.77. The Balaban J connectivity index is 2.14. The van der Waals surface area contributed by atoms with Gasteiger partial charge in [0.1, 0.15) is 11.9 Å². The van der Waals surface area contributed by atoms with Crippen molar-refractivity contribution in [3.63, 3.8) is 0 Å². The molecule has 1 unspecified atom stereocenters. The zero-order valence-electron chi connectivity index (χ0n) is 7.14. The highest BCUT2D eigenvalue weighted by atomic mass is 16.6. The normalized spacial score (nSPS) is 22.9. The third-order valence-electron chi connectivity index (χ3n) is 1.80. The molecule has 1 atom stereocenters. The van der Waals surface area contributed by atoms with E-state index >= 15 is 0 Å². The van der Waals surface area contributed by atoms with E-state index in [2.05, 4.69) is 9.97 Å². The maximum Gasteiger partial charge on any atom is 0.161 e. The molecule has 1 aromatic rings. The summed E-state index contributed by atoms with van der Waals surface area (Å²) in [6, 6.07) is 1.65. The van der Waals surface area contributed by atoms with Crippen LogP contribution < -0.4 is 5.73 Å². The fraction of sp³-hybridized carbons (Fsp3) is 0.500. The number of ether oxygens (including phenoxy) is 2. The number of rotatable bonds is 1. The van der Waals surface area contributed by atoms with Crippen molar-refractivity contribution in [1.29, 1.82) is 0 Å². The highest BCUT2D eigenvalue weighted by molar-refractivity contribution is 5.25. The van der Waals surface area contributed by atoms with Gasteiger partial charge in [0.05, 0.1) is 19.8 Å². The fourth-order valence-electron chi connectivity index (χ4n) is 1.18. The van der Waals surface area contributed by atoms with Crippen LogP contribution in [-0.2, 0) is 9.47 Å². The van der Waals surface area contributed by atoms with Crippen LogP contribution in [0.15, 0.2) is 12.3 Å². The molecule has 1 aromatic heterocycles. The van der Waals surface area contributed by atoms with E-state index in [9.17, 15) is 0 Å². The number of aromatic nitrogens is 2. The van der Waals surface area contributed by atoms with Gasteiger partial charge in [-0.3, -0.25) is 0 Å². The van der Waals surface area contributed by atoms with Crippen molar-refractivity contribution in [3.8, 4) is 0 Å². The van der Waals surface area contributed by atoms with Crippen LogP contribution >= 0.6 is 0 Å². The Morgan fingerprint density at radius 2 is 2.38 bits per heavy atom. The Labute approximate surface area is 75.9 Å². The molecule has 2 heterocycles. The summed E-state index contributed by atoms with van der Waals surface area (Å²) in [5, 5.41) is 0. The van der Waals surface area contributed by atoms with Crippen molar-refractivity contribution >= 4 is 5.82 Å². The van der Waals surface area contributed by atoms with Gasteiger partial charge >= 0.3 is 0 Å². The van der Waals surface area contributed by atoms with Gasteiger partial charge in [0.25, 0.3) is 0 Å². The standard InChI is InChI=1S/C8H11N3O2/c9-7-1-2-10-8(11-7)6-5-12-3-4-13-6/h1-2,6H,3-5H2,(H2,9,10,11). The average Bonchev–Trinajstić information content (AvgIpc) is 2.19. The third-order valence-corrected chi connectivity index (χ3v) is 1.80. The van der Waals surface area contributed by atoms with Crippen LogP contribution in [0.3, 0.4) is 0 Å². The SMILES string of the molecule is Nc1ccnc(C2COCCO2)n1. The number of hydrogen-bond donors (Lipinski definition) is 1. The molecule has 70 valence electrons. The molecule has 0 saturated carbocycles. The van der Waals surface area contributed by atoms with Crippen LogP contribution in [0.5, 0.6) is 0 Å². The Morgan fingerprint density at radius 1 is 1.46 bits per heavy atom. The van der Waals surface area contributed by atoms with Gasteiger partial charge < -0.3 is 15.2 Å². The van der Waals surface area contributed by atoms with Crippen LogP contribution in [0.1, 0.15) is 11.9 Å². The van der Waals surface area contributed by atoms with E-state index in [1.807, 2.05) is 0 Å². The lowest BCUT2D eigenvalue weighted by molar-refractivity contribution is -0.0934. The summed E-state index contributed by atoms with van der Waals surface area (Å²) in [4.78, 5) is 8.13. The highest BCUT2D eigenvalue weighted by Crippen LogP contribution is 2.16. The van der Waals surface area contributed by atoms with E-state index in [4.69, 9.17) is 15.2 Å². The predicted molar refractivity (Wildman–Crippen MR) is 46.0 cm³/mol. The predicted octanol–water partition coefficient (Wildman–Crippen LogP) is 0.147. The number of nitrogens with zero attached hydrogens (tertiary/aromatic N) is 2. The highest BCUT2D eigenvalue weighted by Gasteiger charge is 2.18. The van der Waals surface area contributed by atoms with Crippen molar-refractivity contribution in [2.45, 2.75) is 6.10 Å². The second-order valence-electron chi connectivity index (χ2n) is 2.77. The van der Waals surface area contributed by atoms with Crippen molar-refractivity contribution in [2.24, 2.45) is 0 Å². The molecule has 1 fully saturated rings. The monoisotopic (exact) mass is 181 g/mol. The maximum absolute atomic E-state index is 5.52. The molecule has 2 N–H and O–H groups in total. The molecule has 1 aliphatic heterocycles. The Bertz CT molecular complexity index is 286. The quantitative estimate of drug-likeness (QED) is 0.667. The van der Waals surface area contributed by atoms with E-state index < -0.39 is 0 Å². The molecular weight excluding hydrogens is 170 g/mol. The smallest absolute Gasteiger partial charge is 0.161 e. The first kappa shape index (κ1) is 8.40. The molecule has 0 aromatic carbocycles. The largest absolute Gasteiger partial charge is 0.384 e. The van der Waals surface area contributed by atoms with E-state index in [1.54, 1.807) is 12.3 Å². The molecular formula is C8H11N3O2. The molecule has 0 spiro atoms. The second kappa shape index (κ2) is 3.68. The van der Waals surface area contributed by atoms with Crippen molar-refractivity contribution in [3.05, 3.63) is 18.1 Å². The van der Waals surface area contributed by atoms with Crippen molar-refractivity contribution < 1.29 is 9.47 Å². The summed E-state index contributed by atoms with van der Waals surface area (Å²) in [5.74, 6) is 1.05. The fourth-order valence-corrected chi connectivity index (χ4v) is 1.18. The van der Waals surface area contributed by atoms with Gasteiger partial charge in [-0.15, -0.1) is 0 Å². The Hall–Kier alpha value is -1.20. The first-order valence-corrected chi connectivity index (χ1v) is 4.14. The van der Waals surface area contributed by atoms with Crippen LogP contribution in [-0.4, -0.2) is 29.8 Å². The van der Waals surface area contributed by atoms with Crippen LogP contribution in [0.4, 0.5) is 5.82 Å². The summed E-state index contributed by atoms with van der Waals surface area (Å²) >= 11 is 0. The van der Waals surface area contributed by atoms with Gasteiger partial charge in [-0.05, 0) is 6.07 Å². The number of nitrogen functional groups attached to an aromatic ring is 1. The van der Waals surface area contributed by atoms with E-state index in [1.165, 1.54) is 0 Å². The van der Waals surface area contributed by atoms with Crippen molar-refractivity contribution in [2.75, 3.05) is 25.6 Å². The van der Waals surface area contributed by atoms with Gasteiger partial charge in [0.15, 0.2) is 5.82 Å². The molecule has 5 nitrogen and oxygen atoms in total. The summed E-state index contributed by atoms with van der Waals surface area (Å²) in [7, 11) is 0. The first-order chi connectivity index (χ1) is 6.36. The molecule has 1 aliphatic rings. The van der Waals surface area contributed by atoms with Crippen LogP contribution in [0, 0.1) is 0 Å². The zero-order valence-corrected chi connectivity index (χ0v) is 7.14. The third kappa shape index (κ3) is 1.93. The minimum atomic E-state index is -0.169. The minimum Gasteiger partial charge on any atom is -0.384 e. The van der Waals surface area contributed by atoms with Crippen LogP contribution in [0.2, 0.25) is 0 Å². The molecule has 0 amide bonds. The zero-order chi connectivity index (χ0) is 9.10. The molecule has 5 heteroatoms. The number of hydrogen-bond acceptors (Lipinski definition) is 5. The average molecular weight is 181 g/mol. The lowest BCUT2D eigenvalue weighted by Gasteiger charge is -2.21. The van der Waals surface area contributed by atoms with Gasteiger partial charge in [0, 0.05) is 6.20 Å². The summed E-state index contributed by atoms with van der Waals surface area (Å²) in [5.41, 5.74) is 5.52. The summed E-state index contributed by atoms with van der Waals surface area (Å²) < 4.78 is 10.6. The molecule has 1 saturated heterocycles. The molecule has 13 heavy (non-hydrogen) atoms. The van der Waals surface area contributed by atoms with Gasteiger partial charge in [-0.25, -0.2) is 9.97 Å². The summed E-state index contributed by atoms with van der Waals surface area (Å²) in [6.45, 7) is 1.73. The van der Waals surface area contributed by atoms with Gasteiger partial charge in [-0.1, -0.05) is 0 Å². The Morgan fingerprint density at radius 3 is 3.08 bits per heavy atom. The number of anilines is 1. The van der Waals surface area contributed by atoms with Crippen molar-refractivity contribution in [1.82, 2.24) is 9.97 Å². The van der Waals surface area contributed by atoms with E-state index in [-0.39, 0.29) is 6.10 Å². The molecule has 0 bridgehead atoms. The minimum absolute atomic E-state index is 0.169. The lowest BCUT2D eigenvalue weighted by Crippen LogP contribution is -2.23. The van der Waals surface area contributed by atoms with E-state index in [0.717, 1.165) is 0 Å². The van der Waals surface area contributed by atoms with Gasteiger partial charge in [0.2, 0.25) is 0 Å². The summed E-state index contributed by atoms with van der Waals surface area (Å²) in [6.07, 6.45) is 1.45. The van der Waals surface area contributed by atoms with E-state index in [0.29, 0.717) is 31.5 Å². The topological polar surface area (TPSA) is 70.3 Å². The van der Waals surface area contributed by atoms with Gasteiger partial charge in [-0.2, -0.15) is 0 Å². The lowest BCUT2D eigenvalue weighted by atomic mass is 10.3. The molecule has 0 radical (unpaired) electrons. The molecule has 2 rings (SSSR count). The molecule has 0 aliphatic carbocycles. The van der Waals surface area contributed by atoms with Crippen LogP contribution in [0.25, 0.3) is 0 Å². The Kier molecular flexibility index (Phi) is 2.37. The number of nitrogens with two attached hydrogens (primary N) is 1. The first-order valence-electron chi connectivity index (χ1n) is 4.14.